The Bertz CT molecular complexity index is 3520. The highest BCUT2D eigenvalue weighted by atomic mass is 16.5. The molecule has 0 N–H and O–H groups in total. The Hall–Kier alpha value is -7.68. The van der Waals surface area contributed by atoms with Crippen LogP contribution in [-0.2, 0) is 16.2 Å². The van der Waals surface area contributed by atoms with E-state index in [1.807, 2.05) is 0 Å². The fraction of sp³-hybridized carbons (Fsp3) is 0.138. The summed E-state index contributed by atoms with van der Waals surface area (Å²) in [5.41, 5.74) is 17.3. The summed E-state index contributed by atoms with van der Waals surface area (Å²) in [6.45, 7) is 13.9. The predicted molar refractivity (Wildman–Crippen MR) is 282 cm³/mol. The molecule has 0 radical (unpaired) electrons. The van der Waals surface area contributed by atoms with Gasteiger partial charge in [0.15, 0.2) is 0 Å². The fourth-order valence-electron chi connectivity index (χ4n) is 11.1. The van der Waals surface area contributed by atoms with Crippen LogP contribution < -0.4 is 9.64 Å². The van der Waals surface area contributed by atoms with Gasteiger partial charge in [0.2, 0.25) is 0 Å². The van der Waals surface area contributed by atoms with Gasteiger partial charge in [0.25, 0.3) is 0 Å². The predicted octanol–water partition coefficient (Wildman–Crippen LogP) is 17.9. The molecular weight excluding hydrogens is 811 g/mol. The maximum Gasteiger partial charge on any atom is 0.132 e. The number of anilines is 3. The van der Waals surface area contributed by atoms with Crippen LogP contribution in [-0.4, -0.2) is 0 Å². The first kappa shape index (κ1) is 40.8. The van der Waals surface area contributed by atoms with Crippen molar-refractivity contribution in [3.05, 3.63) is 246 Å². The smallest absolute Gasteiger partial charge is 0.132 e. The highest BCUT2D eigenvalue weighted by molar-refractivity contribution is 6.06. The first-order valence-electron chi connectivity index (χ1n) is 23.7. The van der Waals surface area contributed by atoms with Crippen molar-refractivity contribution in [1.29, 1.82) is 0 Å². The van der Waals surface area contributed by atoms with E-state index in [0.717, 1.165) is 45.3 Å². The Balaban J connectivity index is 1.15. The number of para-hydroxylation sites is 3. The van der Waals surface area contributed by atoms with Gasteiger partial charge in [-0.25, -0.2) is 0 Å². The summed E-state index contributed by atoms with van der Waals surface area (Å²) in [6, 6.07) is 78.8. The van der Waals surface area contributed by atoms with Crippen LogP contribution in [0.1, 0.15) is 74.9 Å². The van der Waals surface area contributed by atoms with E-state index in [-0.39, 0.29) is 10.8 Å². The van der Waals surface area contributed by atoms with Crippen molar-refractivity contribution in [1.82, 2.24) is 0 Å². The summed E-state index contributed by atoms with van der Waals surface area (Å²) in [6.07, 6.45) is 0. The Morgan fingerprint density at radius 3 is 1.52 bits per heavy atom. The van der Waals surface area contributed by atoms with E-state index in [2.05, 4.69) is 259 Å². The van der Waals surface area contributed by atoms with Gasteiger partial charge in [-0.1, -0.05) is 217 Å². The highest BCUT2D eigenvalue weighted by Crippen LogP contribution is 2.63. The van der Waals surface area contributed by atoms with E-state index in [1.54, 1.807) is 0 Å². The first-order chi connectivity index (χ1) is 32.5. The lowest BCUT2D eigenvalue weighted by Gasteiger charge is -2.40. The Morgan fingerprint density at radius 1 is 0.343 bits per heavy atom. The van der Waals surface area contributed by atoms with E-state index in [4.69, 9.17) is 4.74 Å². The third kappa shape index (κ3) is 6.38. The molecule has 2 heteroatoms. The molecule has 0 atom stereocenters. The number of rotatable bonds is 5. The molecule has 1 aliphatic carbocycles. The second kappa shape index (κ2) is 15.2. The molecule has 12 rings (SSSR count). The zero-order chi connectivity index (χ0) is 45.7. The van der Waals surface area contributed by atoms with Gasteiger partial charge in [-0.05, 0) is 108 Å². The van der Waals surface area contributed by atoms with Gasteiger partial charge >= 0.3 is 0 Å². The lowest BCUT2D eigenvalue weighted by molar-refractivity contribution is 0.436. The molecule has 1 aliphatic heterocycles. The van der Waals surface area contributed by atoms with Gasteiger partial charge in [-0.3, -0.25) is 0 Å². The van der Waals surface area contributed by atoms with Crippen molar-refractivity contribution < 1.29 is 4.74 Å². The van der Waals surface area contributed by atoms with E-state index in [1.165, 1.54) is 71.6 Å². The molecule has 0 aromatic heterocycles. The Labute approximate surface area is 394 Å². The van der Waals surface area contributed by atoms with Gasteiger partial charge in [-0.2, -0.15) is 0 Å². The SMILES string of the molecule is CC(C)(C)c1ccc2c(c1)C1(c3ccccc3Oc3ccc(-c4ccccc4N(c4ccccc4-c4cccc5ccccc45)c4cccc5ccccc45)cc31)c1cc(C(C)(C)C)ccc1-2. The van der Waals surface area contributed by atoms with Crippen molar-refractivity contribution in [3.8, 4) is 44.9 Å². The summed E-state index contributed by atoms with van der Waals surface area (Å²) < 4.78 is 7.03. The molecule has 10 aromatic carbocycles. The molecule has 67 heavy (non-hydrogen) atoms. The second-order valence-corrected chi connectivity index (χ2v) is 20.5. The topological polar surface area (TPSA) is 12.5 Å². The molecule has 10 aromatic rings. The zero-order valence-corrected chi connectivity index (χ0v) is 39.1. The van der Waals surface area contributed by atoms with Gasteiger partial charge in [-0.15, -0.1) is 0 Å². The zero-order valence-electron chi connectivity index (χ0n) is 39.1. The lowest BCUT2D eigenvalue weighted by atomic mass is 9.64. The number of hydrogen-bond acceptors (Lipinski definition) is 2. The van der Waals surface area contributed by atoms with Crippen LogP contribution in [0, 0.1) is 0 Å². The third-order valence-electron chi connectivity index (χ3n) is 14.5. The van der Waals surface area contributed by atoms with E-state index in [9.17, 15) is 0 Å². The van der Waals surface area contributed by atoms with Gasteiger partial charge in [0.05, 0.1) is 22.5 Å². The second-order valence-electron chi connectivity index (χ2n) is 20.5. The fourth-order valence-corrected chi connectivity index (χ4v) is 11.1. The van der Waals surface area contributed by atoms with Gasteiger partial charge < -0.3 is 9.64 Å². The van der Waals surface area contributed by atoms with Crippen molar-refractivity contribution in [2.75, 3.05) is 4.90 Å². The van der Waals surface area contributed by atoms with E-state index in [0.29, 0.717) is 0 Å². The molecular formula is C65H53NO. The largest absolute Gasteiger partial charge is 0.457 e. The van der Waals surface area contributed by atoms with Crippen LogP contribution in [0.5, 0.6) is 11.5 Å². The molecule has 2 aliphatic rings. The lowest BCUT2D eigenvalue weighted by Crippen LogP contribution is -2.33. The first-order valence-corrected chi connectivity index (χ1v) is 23.7. The van der Waals surface area contributed by atoms with Crippen LogP contribution in [0.15, 0.2) is 212 Å². The monoisotopic (exact) mass is 863 g/mol. The minimum atomic E-state index is -0.640. The molecule has 0 unspecified atom stereocenters. The minimum absolute atomic E-state index is 0.0523. The third-order valence-corrected chi connectivity index (χ3v) is 14.5. The average Bonchev–Trinajstić information content (AvgIpc) is 3.63. The molecule has 1 heterocycles. The molecule has 2 nitrogen and oxygen atoms in total. The summed E-state index contributed by atoms with van der Waals surface area (Å²) in [7, 11) is 0. The summed E-state index contributed by atoms with van der Waals surface area (Å²) >= 11 is 0. The molecule has 1 spiro atoms. The van der Waals surface area contributed by atoms with E-state index < -0.39 is 5.41 Å². The molecule has 324 valence electrons. The van der Waals surface area contributed by atoms with Crippen LogP contribution >= 0.6 is 0 Å². The molecule has 0 amide bonds. The number of hydrogen-bond donors (Lipinski definition) is 0. The average molecular weight is 864 g/mol. The molecule has 0 bridgehead atoms. The van der Waals surface area contributed by atoms with Crippen LogP contribution in [0.25, 0.3) is 54.9 Å². The number of fused-ring (bicyclic) bond motifs is 11. The molecule has 0 saturated carbocycles. The normalized spacial score (nSPS) is 13.5. The van der Waals surface area contributed by atoms with Crippen LogP contribution in [0.3, 0.4) is 0 Å². The minimum Gasteiger partial charge on any atom is -0.457 e. The quantitative estimate of drug-likeness (QED) is 0.171. The molecule has 0 saturated heterocycles. The highest BCUT2D eigenvalue weighted by Gasteiger charge is 2.52. The van der Waals surface area contributed by atoms with Crippen molar-refractivity contribution >= 4 is 38.6 Å². The van der Waals surface area contributed by atoms with Crippen LogP contribution in [0.4, 0.5) is 17.1 Å². The Morgan fingerprint density at radius 2 is 0.836 bits per heavy atom. The van der Waals surface area contributed by atoms with Gasteiger partial charge in [0, 0.05) is 27.6 Å². The maximum absolute atomic E-state index is 7.03. The van der Waals surface area contributed by atoms with Crippen LogP contribution in [0.2, 0.25) is 0 Å². The van der Waals surface area contributed by atoms with Gasteiger partial charge in [0.1, 0.15) is 11.5 Å². The summed E-state index contributed by atoms with van der Waals surface area (Å²) in [5.74, 6) is 1.78. The van der Waals surface area contributed by atoms with Crippen molar-refractivity contribution in [2.45, 2.75) is 57.8 Å². The number of ether oxygens (including phenoxy) is 1. The standard InChI is InChI=1S/C65H53NO/c1-63(2,3)45-34-36-51-52-37-35-46(64(4,5)6)41-56(52)65(55(51)40-45)54-28-13-16-32-61(54)67-62-38-33-44(39-57(62)65)49-25-11-14-29-58(49)66(59-31-18-22-43-20-8-10-24-48(43)59)60-30-15-12-26-53(60)50-27-17-21-42-19-7-9-23-47(42)50/h7-41H,1-6H3. The van der Waals surface area contributed by atoms with E-state index >= 15 is 0 Å². The Kier molecular flexibility index (Phi) is 9.25. The maximum atomic E-state index is 7.03. The molecule has 0 fully saturated rings. The number of nitrogens with zero attached hydrogens (tertiary/aromatic N) is 1. The van der Waals surface area contributed by atoms with Crippen molar-refractivity contribution in [2.24, 2.45) is 0 Å². The summed E-state index contributed by atoms with van der Waals surface area (Å²) in [4.78, 5) is 2.50. The summed E-state index contributed by atoms with van der Waals surface area (Å²) in [5, 5.41) is 4.83. The number of benzene rings is 10. The van der Waals surface area contributed by atoms with Crippen molar-refractivity contribution in [3.63, 3.8) is 0 Å².